The smallest absolute Gasteiger partial charge is 0.339 e. The number of piperidine rings is 1. The number of carbonyl (C=O) groups is 1. The maximum Gasteiger partial charge on any atom is 0.340 e. The van der Waals surface area contributed by atoms with Crippen LogP contribution in [0, 0.1) is 0 Å². The quantitative estimate of drug-likeness (QED) is 0.879. The monoisotopic (exact) mass is 304 g/mol. The Hall–Kier alpha value is -2.38. The van der Waals surface area contributed by atoms with Crippen molar-refractivity contribution in [3.63, 3.8) is 0 Å². The normalized spacial score (nSPS) is 16.4. The van der Waals surface area contributed by atoms with E-state index < -0.39 is 0 Å². The molecule has 0 aromatic carbocycles. The molecule has 1 fully saturated rings. The Balaban J connectivity index is 1.63. The molecule has 0 spiro atoms. The Morgan fingerprint density at radius 1 is 1.36 bits per heavy atom. The molecule has 0 bridgehead atoms. The molecule has 3 rings (SSSR count). The van der Waals surface area contributed by atoms with Gasteiger partial charge in [-0.1, -0.05) is 0 Å². The van der Waals surface area contributed by atoms with E-state index in [1.165, 1.54) is 0 Å². The number of aromatic amines is 2. The van der Waals surface area contributed by atoms with Gasteiger partial charge in [0.25, 0.3) is 5.91 Å². The van der Waals surface area contributed by atoms with E-state index >= 15 is 0 Å². The molecule has 118 valence electrons. The SMILES string of the molecule is CC(C)n1cc(C(=O)N2CCC(c3n[nH]c(=O)[nH]3)CC2)cn1. The largest absolute Gasteiger partial charge is 0.340 e. The van der Waals surface area contributed by atoms with E-state index in [4.69, 9.17) is 0 Å². The van der Waals surface area contributed by atoms with Crippen LogP contribution >= 0.6 is 0 Å². The lowest BCUT2D eigenvalue weighted by atomic mass is 9.96. The molecule has 1 amide bonds. The molecule has 1 aliphatic rings. The third-order valence-electron chi connectivity index (χ3n) is 4.07. The number of hydrogen-bond donors (Lipinski definition) is 2. The molecule has 2 N–H and O–H groups in total. The van der Waals surface area contributed by atoms with Gasteiger partial charge in [0.05, 0.1) is 11.8 Å². The van der Waals surface area contributed by atoms with Crippen molar-refractivity contribution in [1.29, 1.82) is 0 Å². The average molecular weight is 304 g/mol. The molecule has 1 aliphatic heterocycles. The van der Waals surface area contributed by atoms with Gasteiger partial charge in [0, 0.05) is 31.2 Å². The first-order chi connectivity index (χ1) is 10.5. The number of likely N-dealkylation sites (tertiary alicyclic amines) is 1. The van der Waals surface area contributed by atoms with Gasteiger partial charge in [-0.2, -0.15) is 10.2 Å². The molecule has 0 saturated carbocycles. The van der Waals surface area contributed by atoms with Crippen molar-refractivity contribution in [2.45, 2.75) is 38.6 Å². The summed E-state index contributed by atoms with van der Waals surface area (Å²) in [6.07, 6.45) is 5.01. The highest BCUT2D eigenvalue weighted by atomic mass is 16.2. The van der Waals surface area contributed by atoms with Crippen LogP contribution in [0.25, 0.3) is 0 Å². The lowest BCUT2D eigenvalue weighted by Gasteiger charge is -2.30. The second-order valence-corrected chi connectivity index (χ2v) is 5.93. The lowest BCUT2D eigenvalue weighted by molar-refractivity contribution is 0.0711. The predicted octanol–water partition coefficient (Wildman–Crippen LogP) is 0.895. The predicted molar refractivity (Wildman–Crippen MR) is 79.7 cm³/mol. The third kappa shape index (κ3) is 2.81. The number of nitrogens with one attached hydrogen (secondary N) is 2. The van der Waals surface area contributed by atoms with Crippen molar-refractivity contribution in [3.05, 3.63) is 34.3 Å². The van der Waals surface area contributed by atoms with Gasteiger partial charge in [-0.3, -0.25) is 14.5 Å². The number of hydrogen-bond acceptors (Lipinski definition) is 4. The second-order valence-electron chi connectivity index (χ2n) is 5.93. The van der Waals surface area contributed by atoms with E-state index in [2.05, 4.69) is 20.3 Å². The third-order valence-corrected chi connectivity index (χ3v) is 4.07. The van der Waals surface area contributed by atoms with Crippen LogP contribution in [0.1, 0.15) is 54.8 Å². The van der Waals surface area contributed by atoms with Crippen LogP contribution in [0.15, 0.2) is 17.2 Å². The van der Waals surface area contributed by atoms with Crippen LogP contribution in [-0.2, 0) is 0 Å². The molecule has 0 aliphatic carbocycles. The van der Waals surface area contributed by atoms with Crippen LogP contribution in [0.2, 0.25) is 0 Å². The molecule has 8 heteroatoms. The highest BCUT2D eigenvalue weighted by Crippen LogP contribution is 2.25. The Morgan fingerprint density at radius 3 is 2.64 bits per heavy atom. The van der Waals surface area contributed by atoms with Crippen molar-refractivity contribution >= 4 is 5.91 Å². The zero-order valence-corrected chi connectivity index (χ0v) is 12.7. The van der Waals surface area contributed by atoms with Gasteiger partial charge in [0.15, 0.2) is 0 Å². The number of carbonyl (C=O) groups excluding carboxylic acids is 1. The minimum atomic E-state index is -0.283. The molecule has 0 unspecified atom stereocenters. The van der Waals surface area contributed by atoms with E-state index in [1.807, 2.05) is 18.7 Å². The zero-order chi connectivity index (χ0) is 15.7. The fourth-order valence-corrected chi connectivity index (χ4v) is 2.75. The molecule has 3 heterocycles. The highest BCUT2D eigenvalue weighted by molar-refractivity contribution is 5.93. The van der Waals surface area contributed by atoms with E-state index in [0.29, 0.717) is 24.5 Å². The molecule has 0 radical (unpaired) electrons. The summed E-state index contributed by atoms with van der Waals surface area (Å²) in [6.45, 7) is 5.37. The number of nitrogens with zero attached hydrogens (tertiary/aromatic N) is 4. The van der Waals surface area contributed by atoms with E-state index in [1.54, 1.807) is 17.1 Å². The van der Waals surface area contributed by atoms with E-state index in [0.717, 1.165) is 12.8 Å². The number of amides is 1. The molecular formula is C14H20N6O2. The summed E-state index contributed by atoms with van der Waals surface area (Å²) in [7, 11) is 0. The zero-order valence-electron chi connectivity index (χ0n) is 12.7. The van der Waals surface area contributed by atoms with E-state index in [-0.39, 0.29) is 23.6 Å². The summed E-state index contributed by atoms with van der Waals surface area (Å²) in [4.78, 5) is 28.1. The van der Waals surface area contributed by atoms with Gasteiger partial charge in [0.1, 0.15) is 5.82 Å². The Bertz CT molecular complexity index is 705. The van der Waals surface area contributed by atoms with Crippen LogP contribution in [0.3, 0.4) is 0 Å². The van der Waals surface area contributed by atoms with Crippen molar-refractivity contribution in [3.8, 4) is 0 Å². The molecule has 22 heavy (non-hydrogen) atoms. The first-order valence-corrected chi connectivity index (χ1v) is 7.52. The molecule has 8 nitrogen and oxygen atoms in total. The Kier molecular flexibility index (Phi) is 3.82. The van der Waals surface area contributed by atoms with Crippen molar-refractivity contribution < 1.29 is 4.79 Å². The minimum absolute atomic E-state index is 0.0147. The van der Waals surface area contributed by atoms with Gasteiger partial charge < -0.3 is 4.90 Å². The summed E-state index contributed by atoms with van der Waals surface area (Å²) in [5.74, 6) is 0.895. The van der Waals surface area contributed by atoms with Crippen LogP contribution in [0.5, 0.6) is 0 Å². The highest BCUT2D eigenvalue weighted by Gasteiger charge is 2.27. The van der Waals surface area contributed by atoms with Gasteiger partial charge in [0.2, 0.25) is 0 Å². The van der Waals surface area contributed by atoms with Gasteiger partial charge in [-0.15, -0.1) is 0 Å². The van der Waals surface area contributed by atoms with Crippen LogP contribution in [-0.4, -0.2) is 48.9 Å². The van der Waals surface area contributed by atoms with Gasteiger partial charge >= 0.3 is 5.69 Å². The molecule has 1 saturated heterocycles. The summed E-state index contributed by atoms with van der Waals surface area (Å²) in [5, 5.41) is 10.6. The van der Waals surface area contributed by atoms with Crippen molar-refractivity contribution in [2.24, 2.45) is 0 Å². The fourth-order valence-electron chi connectivity index (χ4n) is 2.75. The summed E-state index contributed by atoms with van der Waals surface area (Å²) >= 11 is 0. The first-order valence-electron chi connectivity index (χ1n) is 7.52. The number of rotatable bonds is 3. The summed E-state index contributed by atoms with van der Waals surface area (Å²) in [6, 6.07) is 0.240. The van der Waals surface area contributed by atoms with Crippen LogP contribution in [0.4, 0.5) is 0 Å². The average Bonchev–Trinajstić information content (AvgIpc) is 3.16. The van der Waals surface area contributed by atoms with Crippen LogP contribution < -0.4 is 5.69 Å². The minimum Gasteiger partial charge on any atom is -0.339 e. The maximum absolute atomic E-state index is 12.5. The van der Waals surface area contributed by atoms with Crippen molar-refractivity contribution in [2.75, 3.05) is 13.1 Å². The Morgan fingerprint density at radius 2 is 2.09 bits per heavy atom. The molecular weight excluding hydrogens is 284 g/mol. The van der Waals surface area contributed by atoms with E-state index in [9.17, 15) is 9.59 Å². The molecule has 2 aromatic rings. The molecule has 0 atom stereocenters. The summed E-state index contributed by atoms with van der Waals surface area (Å²) < 4.78 is 1.79. The standard InChI is InChI=1S/C14H20N6O2/c1-9(2)20-8-11(7-15-20)13(21)19-5-3-10(4-6-19)12-16-14(22)18-17-12/h7-10H,3-6H2,1-2H3,(H2,16,17,18,22). The summed E-state index contributed by atoms with van der Waals surface area (Å²) in [5.41, 5.74) is 0.343. The Labute approximate surface area is 127 Å². The molecule has 2 aromatic heterocycles. The number of aromatic nitrogens is 5. The second kappa shape index (κ2) is 5.78. The first kappa shape index (κ1) is 14.6. The van der Waals surface area contributed by atoms with Gasteiger partial charge in [-0.05, 0) is 26.7 Å². The van der Waals surface area contributed by atoms with Crippen molar-refractivity contribution in [1.82, 2.24) is 29.9 Å². The maximum atomic E-state index is 12.5. The topological polar surface area (TPSA) is 99.7 Å². The van der Waals surface area contributed by atoms with Gasteiger partial charge in [-0.25, -0.2) is 9.89 Å². The number of H-pyrrole nitrogens is 2. The lowest BCUT2D eigenvalue weighted by Crippen LogP contribution is -2.38. The fraction of sp³-hybridized carbons (Fsp3) is 0.571.